The molecule has 0 saturated carbocycles. The van der Waals surface area contributed by atoms with Crippen LogP contribution in [0.25, 0.3) is 0 Å². The monoisotopic (exact) mass is 444 g/mol. The molecule has 3 rings (SSSR count). The van der Waals surface area contributed by atoms with Crippen molar-refractivity contribution < 1.29 is 14.3 Å². The van der Waals surface area contributed by atoms with E-state index < -0.39 is 0 Å². The van der Waals surface area contributed by atoms with E-state index in [2.05, 4.69) is 20.8 Å². The zero-order valence-electron chi connectivity index (χ0n) is 17.1. The molecule has 0 spiro atoms. The fourth-order valence-electron chi connectivity index (χ4n) is 2.54. The van der Waals surface area contributed by atoms with Crippen LogP contribution in [0.15, 0.2) is 46.8 Å². The highest BCUT2D eigenvalue weighted by Gasteiger charge is 2.12. The summed E-state index contributed by atoms with van der Waals surface area (Å²) in [5.41, 5.74) is 2.73. The molecular formula is C21H24N4O3S2. The van der Waals surface area contributed by atoms with Gasteiger partial charge in [-0.3, -0.25) is 4.79 Å². The second-order valence-electron chi connectivity index (χ2n) is 6.22. The normalized spacial score (nSPS) is 10.5. The van der Waals surface area contributed by atoms with Gasteiger partial charge in [-0.25, -0.2) is 0 Å². The number of ether oxygens (including phenoxy) is 2. The minimum atomic E-state index is -0.155. The molecule has 9 heteroatoms. The zero-order valence-corrected chi connectivity index (χ0v) is 18.7. The Morgan fingerprint density at radius 2 is 1.83 bits per heavy atom. The number of carbonyl (C=O) groups excluding carboxylic acids is 1. The van der Waals surface area contributed by atoms with E-state index in [0.29, 0.717) is 39.9 Å². The lowest BCUT2D eigenvalue weighted by molar-refractivity contribution is -0.113. The number of nitrogens with zero attached hydrogens (tertiary/aromatic N) is 2. The maximum atomic E-state index is 12.5. The fraction of sp³-hybridized carbons (Fsp3) is 0.286. The van der Waals surface area contributed by atoms with Gasteiger partial charge < -0.3 is 20.1 Å². The van der Waals surface area contributed by atoms with Crippen LogP contribution < -0.4 is 20.1 Å². The Morgan fingerprint density at radius 3 is 2.57 bits per heavy atom. The molecule has 2 aromatic carbocycles. The number of aromatic nitrogens is 2. The molecule has 158 valence electrons. The largest absolute Gasteiger partial charge is 0.494 e. The summed E-state index contributed by atoms with van der Waals surface area (Å²) in [4.78, 5) is 12.5. The van der Waals surface area contributed by atoms with Gasteiger partial charge in [-0.05, 0) is 45.0 Å². The van der Waals surface area contributed by atoms with Crippen LogP contribution in [0.1, 0.15) is 19.4 Å². The Hall–Kier alpha value is -2.78. The van der Waals surface area contributed by atoms with E-state index in [9.17, 15) is 4.79 Å². The molecule has 0 unspecified atom stereocenters. The third-order valence-corrected chi connectivity index (χ3v) is 5.84. The van der Waals surface area contributed by atoms with Crippen LogP contribution >= 0.6 is 23.1 Å². The molecule has 0 radical (unpaired) electrons. The Kier molecular flexibility index (Phi) is 7.92. The minimum absolute atomic E-state index is 0.155. The molecule has 1 aromatic heterocycles. The average Bonchev–Trinajstić information content (AvgIpc) is 3.18. The maximum Gasteiger partial charge on any atom is 0.234 e. The van der Waals surface area contributed by atoms with Gasteiger partial charge in [0.1, 0.15) is 11.5 Å². The van der Waals surface area contributed by atoms with Gasteiger partial charge in [0.25, 0.3) is 0 Å². The lowest BCUT2D eigenvalue weighted by atomic mass is 10.2. The topological polar surface area (TPSA) is 85.4 Å². The molecule has 0 bridgehead atoms. The van der Waals surface area contributed by atoms with E-state index in [4.69, 9.17) is 9.47 Å². The molecule has 1 heterocycles. The molecule has 0 atom stereocenters. The Morgan fingerprint density at radius 1 is 1.07 bits per heavy atom. The third kappa shape index (κ3) is 6.36. The third-order valence-electron chi connectivity index (χ3n) is 3.87. The summed E-state index contributed by atoms with van der Waals surface area (Å²) >= 11 is 2.74. The predicted molar refractivity (Wildman–Crippen MR) is 123 cm³/mol. The number of carbonyl (C=O) groups is 1. The quantitative estimate of drug-likeness (QED) is 0.420. The molecular weight excluding hydrogens is 420 g/mol. The van der Waals surface area contributed by atoms with E-state index in [1.54, 1.807) is 12.1 Å². The van der Waals surface area contributed by atoms with Crippen molar-refractivity contribution in [3.8, 4) is 11.5 Å². The minimum Gasteiger partial charge on any atom is -0.494 e. The van der Waals surface area contributed by atoms with E-state index in [-0.39, 0.29) is 11.7 Å². The number of thioether (sulfide) groups is 1. The van der Waals surface area contributed by atoms with Crippen LogP contribution in [-0.2, 0) is 4.79 Å². The Labute approximate surface area is 184 Å². The summed E-state index contributed by atoms with van der Waals surface area (Å²) in [6.45, 7) is 6.91. The number of anilines is 3. The van der Waals surface area contributed by atoms with Gasteiger partial charge in [-0.2, -0.15) is 0 Å². The van der Waals surface area contributed by atoms with Crippen molar-refractivity contribution in [1.82, 2.24) is 10.2 Å². The molecule has 0 aliphatic carbocycles. The van der Waals surface area contributed by atoms with Gasteiger partial charge >= 0.3 is 0 Å². The summed E-state index contributed by atoms with van der Waals surface area (Å²) in [6, 6.07) is 13.4. The smallest absolute Gasteiger partial charge is 0.234 e. The van der Waals surface area contributed by atoms with E-state index in [0.717, 1.165) is 5.69 Å². The Bertz CT molecular complexity index is 977. The molecule has 0 aliphatic heterocycles. The fourth-order valence-corrected chi connectivity index (χ4v) is 4.11. The second-order valence-corrected chi connectivity index (χ2v) is 8.42. The first-order valence-electron chi connectivity index (χ1n) is 9.57. The first-order valence-corrected chi connectivity index (χ1v) is 11.4. The summed E-state index contributed by atoms with van der Waals surface area (Å²) in [5, 5.41) is 15.1. The van der Waals surface area contributed by atoms with Crippen LogP contribution in [0.5, 0.6) is 11.5 Å². The van der Waals surface area contributed by atoms with Gasteiger partial charge in [-0.15, -0.1) is 10.2 Å². The molecule has 0 aliphatic rings. The van der Waals surface area contributed by atoms with Gasteiger partial charge in [0, 0.05) is 11.8 Å². The van der Waals surface area contributed by atoms with Gasteiger partial charge in [-0.1, -0.05) is 40.8 Å². The molecule has 1 amide bonds. The van der Waals surface area contributed by atoms with Crippen LogP contribution in [0, 0.1) is 6.92 Å². The van der Waals surface area contributed by atoms with Crippen LogP contribution in [0.4, 0.5) is 16.5 Å². The summed E-state index contributed by atoms with van der Waals surface area (Å²) in [6.07, 6.45) is 0. The highest BCUT2D eigenvalue weighted by atomic mass is 32.2. The predicted octanol–water partition coefficient (Wildman–Crippen LogP) is 5.12. The summed E-state index contributed by atoms with van der Waals surface area (Å²) in [7, 11) is 0. The van der Waals surface area contributed by atoms with Crippen LogP contribution in [-0.4, -0.2) is 35.1 Å². The number of hydrogen-bond acceptors (Lipinski definition) is 8. The van der Waals surface area contributed by atoms with Crippen molar-refractivity contribution in [3.63, 3.8) is 0 Å². The maximum absolute atomic E-state index is 12.5. The van der Waals surface area contributed by atoms with Crippen LogP contribution in [0.2, 0.25) is 0 Å². The van der Waals surface area contributed by atoms with Crippen molar-refractivity contribution >= 4 is 45.5 Å². The molecule has 0 saturated heterocycles. The first-order chi connectivity index (χ1) is 14.6. The number of nitrogens with one attached hydrogen (secondary N) is 2. The molecule has 7 nitrogen and oxygen atoms in total. The van der Waals surface area contributed by atoms with E-state index in [1.807, 2.05) is 51.1 Å². The average molecular weight is 445 g/mol. The number of aryl methyl sites for hydroxylation is 1. The Balaban J connectivity index is 1.56. The number of hydrogen-bond donors (Lipinski definition) is 2. The van der Waals surface area contributed by atoms with Crippen LogP contribution in [0.3, 0.4) is 0 Å². The zero-order chi connectivity index (χ0) is 21.3. The number of rotatable bonds is 10. The standard InChI is InChI=1S/C21H24N4O3S2/c1-4-27-16-10-11-18(28-5-2)17(12-16)23-19(26)13-29-21-25-24-20(30-21)22-15-8-6-14(3)7-9-15/h6-12H,4-5,13H2,1-3H3,(H,22,24)(H,23,26). The SMILES string of the molecule is CCOc1ccc(OCC)c(NC(=O)CSc2nnc(Nc3ccc(C)cc3)s2)c1. The van der Waals surface area contributed by atoms with Crippen molar-refractivity contribution in [2.75, 3.05) is 29.6 Å². The van der Waals surface area contributed by atoms with Gasteiger partial charge in [0.2, 0.25) is 11.0 Å². The van der Waals surface area contributed by atoms with Crippen molar-refractivity contribution in [3.05, 3.63) is 48.0 Å². The summed E-state index contributed by atoms with van der Waals surface area (Å²) in [5.74, 6) is 1.35. The summed E-state index contributed by atoms with van der Waals surface area (Å²) < 4.78 is 11.8. The van der Waals surface area contributed by atoms with E-state index >= 15 is 0 Å². The highest BCUT2D eigenvalue weighted by molar-refractivity contribution is 8.01. The highest BCUT2D eigenvalue weighted by Crippen LogP contribution is 2.31. The van der Waals surface area contributed by atoms with Gasteiger partial charge in [0.05, 0.1) is 24.7 Å². The number of benzene rings is 2. The van der Waals surface area contributed by atoms with Crippen molar-refractivity contribution in [2.45, 2.75) is 25.1 Å². The molecule has 2 N–H and O–H groups in total. The molecule has 3 aromatic rings. The number of amides is 1. The van der Waals surface area contributed by atoms with E-state index in [1.165, 1.54) is 28.7 Å². The second kappa shape index (κ2) is 10.8. The van der Waals surface area contributed by atoms with Gasteiger partial charge in [0.15, 0.2) is 4.34 Å². The van der Waals surface area contributed by atoms with Crippen molar-refractivity contribution in [2.24, 2.45) is 0 Å². The lowest BCUT2D eigenvalue weighted by Gasteiger charge is -2.13. The van der Waals surface area contributed by atoms with Crippen molar-refractivity contribution in [1.29, 1.82) is 0 Å². The first kappa shape index (κ1) is 21.9. The molecule has 0 fully saturated rings. The lowest BCUT2D eigenvalue weighted by Crippen LogP contribution is -2.15. The molecule has 30 heavy (non-hydrogen) atoms.